The fourth-order valence-electron chi connectivity index (χ4n) is 7.10. The van der Waals surface area contributed by atoms with Gasteiger partial charge in [0.1, 0.15) is 23.0 Å². The number of pyridine rings is 1. The van der Waals surface area contributed by atoms with Crippen molar-refractivity contribution in [2.75, 3.05) is 70.9 Å². The van der Waals surface area contributed by atoms with Gasteiger partial charge in [0.15, 0.2) is 5.75 Å². The molecule has 13 heteroatoms. The first kappa shape index (κ1) is 31.6. The van der Waals surface area contributed by atoms with E-state index in [9.17, 15) is 22.8 Å². The second-order valence-corrected chi connectivity index (χ2v) is 13.3. The van der Waals surface area contributed by atoms with Gasteiger partial charge in [-0.15, -0.1) is 0 Å². The first-order valence-electron chi connectivity index (χ1n) is 15.3. The SMILES string of the molecule is C=CC(=O)N1CCN2C(=O)c3c(N4CC(N5CCN(C)CC5)CC4(C)C)nc(-c4ccccc4C(F)(F)F)c(Cl)c3OCC2C1. The molecule has 2 aromatic rings. The predicted octanol–water partition coefficient (Wildman–Crippen LogP) is 4.26. The fourth-order valence-corrected chi connectivity index (χ4v) is 7.39. The molecule has 6 rings (SSSR count). The van der Waals surface area contributed by atoms with Gasteiger partial charge in [-0.05, 0) is 39.5 Å². The van der Waals surface area contributed by atoms with E-state index in [2.05, 4.69) is 37.3 Å². The van der Waals surface area contributed by atoms with Gasteiger partial charge in [-0.2, -0.15) is 13.2 Å². The van der Waals surface area contributed by atoms with Crippen molar-refractivity contribution in [3.05, 3.63) is 53.1 Å². The van der Waals surface area contributed by atoms with Gasteiger partial charge in [-0.25, -0.2) is 4.98 Å². The molecule has 0 bridgehead atoms. The summed E-state index contributed by atoms with van der Waals surface area (Å²) in [5.41, 5.74) is -1.49. The zero-order valence-corrected chi connectivity index (χ0v) is 26.5. The molecular formula is C32H38ClF3N6O3. The van der Waals surface area contributed by atoms with Crippen LogP contribution in [0.5, 0.6) is 5.75 Å². The molecule has 2 atom stereocenters. The van der Waals surface area contributed by atoms with E-state index in [1.54, 1.807) is 9.80 Å². The Balaban J connectivity index is 1.49. The summed E-state index contributed by atoms with van der Waals surface area (Å²) in [6.45, 7) is 12.8. The molecule has 0 radical (unpaired) electrons. The highest BCUT2D eigenvalue weighted by Gasteiger charge is 2.47. The highest BCUT2D eigenvalue weighted by molar-refractivity contribution is 6.35. The molecule has 2 unspecified atom stereocenters. The summed E-state index contributed by atoms with van der Waals surface area (Å²) in [4.78, 5) is 41.8. The number of hydrogen-bond donors (Lipinski definition) is 0. The summed E-state index contributed by atoms with van der Waals surface area (Å²) < 4.78 is 49.0. The molecule has 45 heavy (non-hydrogen) atoms. The van der Waals surface area contributed by atoms with Gasteiger partial charge in [0, 0.05) is 69.5 Å². The molecule has 0 saturated carbocycles. The number of fused-ring (bicyclic) bond motifs is 2. The van der Waals surface area contributed by atoms with E-state index >= 15 is 0 Å². The third kappa shape index (κ3) is 5.76. The lowest BCUT2D eigenvalue weighted by Crippen LogP contribution is -2.57. The van der Waals surface area contributed by atoms with Crippen LogP contribution in [0, 0.1) is 0 Å². The minimum Gasteiger partial charge on any atom is -0.489 e. The maximum Gasteiger partial charge on any atom is 0.417 e. The maximum absolute atomic E-state index is 14.5. The van der Waals surface area contributed by atoms with Crippen molar-refractivity contribution in [1.82, 2.24) is 24.6 Å². The third-order valence-electron chi connectivity index (χ3n) is 9.60. The zero-order valence-electron chi connectivity index (χ0n) is 25.7. The highest BCUT2D eigenvalue weighted by atomic mass is 35.5. The molecule has 3 saturated heterocycles. The monoisotopic (exact) mass is 646 g/mol. The Hall–Kier alpha value is -3.35. The lowest BCUT2D eigenvalue weighted by atomic mass is 9.98. The number of anilines is 1. The van der Waals surface area contributed by atoms with Gasteiger partial charge in [-0.1, -0.05) is 36.4 Å². The smallest absolute Gasteiger partial charge is 0.417 e. The van der Waals surface area contributed by atoms with E-state index in [-0.39, 0.29) is 71.0 Å². The number of ether oxygens (including phenoxy) is 1. The average molecular weight is 647 g/mol. The summed E-state index contributed by atoms with van der Waals surface area (Å²) in [6, 6.07) is 4.85. The lowest BCUT2D eigenvalue weighted by Gasteiger charge is -2.40. The highest BCUT2D eigenvalue weighted by Crippen LogP contribution is 2.48. The topological polar surface area (TPSA) is 72.5 Å². The number of nitrogens with zero attached hydrogens (tertiary/aromatic N) is 6. The number of aromatic nitrogens is 1. The van der Waals surface area contributed by atoms with Gasteiger partial charge >= 0.3 is 6.18 Å². The largest absolute Gasteiger partial charge is 0.489 e. The van der Waals surface area contributed by atoms with Crippen molar-refractivity contribution in [2.24, 2.45) is 0 Å². The molecule has 2 amide bonds. The molecule has 5 heterocycles. The second kappa shape index (κ2) is 11.8. The lowest BCUT2D eigenvalue weighted by molar-refractivity contribution is -0.137. The average Bonchev–Trinajstić information content (AvgIpc) is 3.25. The van der Waals surface area contributed by atoms with Crippen molar-refractivity contribution in [2.45, 2.75) is 44.1 Å². The van der Waals surface area contributed by atoms with Crippen molar-refractivity contribution in [1.29, 1.82) is 0 Å². The Labute approximate surface area is 266 Å². The zero-order chi connectivity index (χ0) is 32.3. The summed E-state index contributed by atoms with van der Waals surface area (Å²) in [6.07, 6.45) is -2.64. The van der Waals surface area contributed by atoms with E-state index in [1.807, 2.05) is 4.90 Å². The van der Waals surface area contributed by atoms with Crippen LogP contribution in [0.1, 0.15) is 36.2 Å². The summed E-state index contributed by atoms with van der Waals surface area (Å²) in [7, 11) is 2.10. The number of carbonyl (C=O) groups excluding carboxylic acids is 2. The van der Waals surface area contributed by atoms with Crippen LogP contribution >= 0.6 is 11.6 Å². The van der Waals surface area contributed by atoms with Gasteiger partial charge in [0.2, 0.25) is 5.91 Å². The molecule has 0 aliphatic carbocycles. The Morgan fingerprint density at radius 1 is 1.09 bits per heavy atom. The van der Waals surface area contributed by atoms with Crippen molar-refractivity contribution >= 4 is 29.2 Å². The van der Waals surface area contributed by atoms with Crippen LogP contribution in [0.25, 0.3) is 11.3 Å². The number of halogens is 4. The standard InChI is InChI=1S/C32H38ClF3N6O3/c1-5-24(43)40-14-15-41-21(17-40)19-45-28-25(30(41)44)29(37-27(26(28)33)22-8-6-7-9-23(22)32(34,35)36)42-18-20(16-31(42,2)3)39-12-10-38(4)11-13-39/h5-9,20-21H,1,10-19H2,2-4H3. The molecule has 4 aliphatic heterocycles. The van der Waals surface area contributed by atoms with Crippen molar-refractivity contribution in [3.8, 4) is 17.0 Å². The Morgan fingerprint density at radius 2 is 1.80 bits per heavy atom. The van der Waals surface area contributed by atoms with E-state index in [0.717, 1.165) is 38.7 Å². The number of hydrogen-bond acceptors (Lipinski definition) is 7. The third-order valence-corrected chi connectivity index (χ3v) is 9.95. The first-order chi connectivity index (χ1) is 21.3. The Bertz CT molecular complexity index is 1510. The molecule has 1 aromatic carbocycles. The number of amides is 2. The van der Waals surface area contributed by atoms with E-state index in [1.165, 1.54) is 24.3 Å². The minimum atomic E-state index is -4.66. The van der Waals surface area contributed by atoms with Gasteiger partial charge in [0.25, 0.3) is 5.91 Å². The van der Waals surface area contributed by atoms with Gasteiger partial charge in [0.05, 0.1) is 17.3 Å². The molecule has 1 aromatic heterocycles. The molecular weight excluding hydrogens is 609 g/mol. The summed E-state index contributed by atoms with van der Waals surface area (Å²) in [5, 5.41) is -0.148. The first-order valence-corrected chi connectivity index (χ1v) is 15.6. The number of carbonyl (C=O) groups is 2. The van der Waals surface area contributed by atoms with E-state index in [4.69, 9.17) is 21.3 Å². The Kier molecular flexibility index (Phi) is 8.28. The summed E-state index contributed by atoms with van der Waals surface area (Å²) >= 11 is 6.90. The van der Waals surface area contributed by atoms with Crippen LogP contribution in [-0.4, -0.2) is 120 Å². The molecule has 0 N–H and O–H groups in total. The quantitative estimate of drug-likeness (QED) is 0.460. The minimum absolute atomic E-state index is 0.0104. The van der Waals surface area contributed by atoms with Crippen LogP contribution in [-0.2, 0) is 11.0 Å². The van der Waals surface area contributed by atoms with Crippen molar-refractivity contribution in [3.63, 3.8) is 0 Å². The van der Waals surface area contributed by atoms with Crippen LogP contribution in [0.2, 0.25) is 5.02 Å². The fraction of sp³-hybridized carbons (Fsp3) is 0.531. The number of piperazine rings is 2. The maximum atomic E-state index is 14.5. The molecule has 0 spiro atoms. The van der Waals surface area contributed by atoms with Crippen LogP contribution in [0.3, 0.4) is 0 Å². The van der Waals surface area contributed by atoms with Crippen LogP contribution < -0.4 is 9.64 Å². The van der Waals surface area contributed by atoms with Gasteiger partial charge < -0.3 is 24.3 Å². The summed E-state index contributed by atoms with van der Waals surface area (Å²) in [5.74, 6) is -0.326. The van der Waals surface area contributed by atoms with Crippen molar-refractivity contribution < 1.29 is 27.5 Å². The number of likely N-dealkylation sites (N-methyl/N-ethyl adjacent to an activating group) is 1. The predicted molar refractivity (Wildman–Crippen MR) is 166 cm³/mol. The van der Waals surface area contributed by atoms with E-state index in [0.29, 0.717) is 13.1 Å². The molecule has 3 fully saturated rings. The second-order valence-electron chi connectivity index (χ2n) is 12.9. The number of benzene rings is 1. The van der Waals surface area contributed by atoms with Gasteiger partial charge in [-0.3, -0.25) is 14.5 Å². The Morgan fingerprint density at radius 3 is 2.49 bits per heavy atom. The normalized spacial score (nSPS) is 24.2. The van der Waals surface area contributed by atoms with Crippen LogP contribution in [0.4, 0.5) is 19.0 Å². The molecule has 4 aliphatic rings. The molecule has 9 nitrogen and oxygen atoms in total. The number of alkyl halides is 3. The van der Waals surface area contributed by atoms with E-state index < -0.39 is 23.3 Å². The number of rotatable bonds is 4. The van der Waals surface area contributed by atoms with Crippen LogP contribution in [0.15, 0.2) is 36.9 Å². The molecule has 242 valence electrons.